The van der Waals surface area contributed by atoms with Gasteiger partial charge in [-0.25, -0.2) is 0 Å². The van der Waals surface area contributed by atoms with Crippen molar-refractivity contribution in [1.82, 2.24) is 5.32 Å². The quantitative estimate of drug-likeness (QED) is 0.703. The van der Waals surface area contributed by atoms with Crippen LogP contribution >= 0.6 is 12.6 Å². The van der Waals surface area contributed by atoms with Crippen LogP contribution in [0.2, 0.25) is 0 Å². The van der Waals surface area contributed by atoms with Crippen LogP contribution in [0.4, 0.5) is 0 Å². The summed E-state index contributed by atoms with van der Waals surface area (Å²) in [5.74, 6) is 2.83. The Kier molecular flexibility index (Phi) is 3.69. The monoisotopic (exact) mass is 185 g/mol. The first-order valence-electron chi connectivity index (χ1n) is 4.12. The molecule has 0 fully saturated rings. The van der Waals surface area contributed by atoms with Crippen LogP contribution in [-0.4, -0.2) is 12.8 Å². The summed E-state index contributed by atoms with van der Waals surface area (Å²) in [6, 6.07) is 4.30. The van der Waals surface area contributed by atoms with Crippen LogP contribution in [0.25, 0.3) is 0 Å². The zero-order valence-electron chi connectivity index (χ0n) is 7.50. The Hall–Kier alpha value is -0.410. The molecule has 1 N–H and O–H groups in total. The van der Waals surface area contributed by atoms with E-state index in [1.807, 2.05) is 26.1 Å². The molecule has 1 atom stereocenters. The van der Waals surface area contributed by atoms with Crippen molar-refractivity contribution >= 4 is 12.6 Å². The highest BCUT2D eigenvalue weighted by molar-refractivity contribution is 7.80. The molecule has 68 valence electrons. The van der Waals surface area contributed by atoms with Crippen LogP contribution in [-0.2, 0) is 0 Å². The predicted octanol–water partition coefficient (Wildman–Crippen LogP) is 2.17. The molecule has 3 heteroatoms. The lowest BCUT2D eigenvalue weighted by molar-refractivity contribution is 0.411. The van der Waals surface area contributed by atoms with E-state index < -0.39 is 0 Å². The van der Waals surface area contributed by atoms with E-state index in [0.29, 0.717) is 6.04 Å². The van der Waals surface area contributed by atoms with Gasteiger partial charge in [-0.3, -0.25) is 0 Å². The van der Waals surface area contributed by atoms with Crippen LogP contribution < -0.4 is 5.32 Å². The summed E-state index contributed by atoms with van der Waals surface area (Å²) >= 11 is 4.19. The van der Waals surface area contributed by atoms with Crippen molar-refractivity contribution in [2.45, 2.75) is 19.4 Å². The van der Waals surface area contributed by atoms with Crippen LogP contribution in [0.1, 0.15) is 24.0 Å². The molecule has 1 unspecified atom stereocenters. The van der Waals surface area contributed by atoms with Crippen molar-refractivity contribution in [1.29, 1.82) is 0 Å². The van der Waals surface area contributed by atoms with Crippen LogP contribution in [0.15, 0.2) is 16.5 Å². The van der Waals surface area contributed by atoms with Gasteiger partial charge >= 0.3 is 0 Å². The third-order valence-electron chi connectivity index (χ3n) is 1.87. The first kappa shape index (κ1) is 9.68. The molecule has 1 heterocycles. The van der Waals surface area contributed by atoms with E-state index in [2.05, 4.69) is 17.9 Å². The van der Waals surface area contributed by atoms with Gasteiger partial charge in [-0.15, -0.1) is 0 Å². The van der Waals surface area contributed by atoms with Crippen LogP contribution in [0.5, 0.6) is 0 Å². The predicted molar refractivity (Wildman–Crippen MR) is 53.7 cm³/mol. The zero-order chi connectivity index (χ0) is 8.97. The molecule has 0 bridgehead atoms. The van der Waals surface area contributed by atoms with Gasteiger partial charge in [-0.2, -0.15) is 12.6 Å². The highest BCUT2D eigenvalue weighted by Crippen LogP contribution is 2.18. The smallest absolute Gasteiger partial charge is 0.121 e. The summed E-state index contributed by atoms with van der Waals surface area (Å²) in [5, 5.41) is 3.19. The maximum Gasteiger partial charge on any atom is 0.121 e. The van der Waals surface area contributed by atoms with Gasteiger partial charge in [0, 0.05) is 0 Å². The average Bonchev–Trinajstić information content (AvgIpc) is 2.47. The normalized spacial score (nSPS) is 13.2. The molecule has 0 amide bonds. The van der Waals surface area contributed by atoms with Gasteiger partial charge in [-0.1, -0.05) is 0 Å². The summed E-state index contributed by atoms with van der Waals surface area (Å²) in [6.45, 7) is 1.96. The molecule has 0 radical (unpaired) electrons. The molecule has 0 aliphatic rings. The molecule has 0 spiro atoms. The number of rotatable bonds is 4. The molecule has 0 aliphatic heterocycles. The Morgan fingerprint density at radius 1 is 1.58 bits per heavy atom. The van der Waals surface area contributed by atoms with Crippen molar-refractivity contribution in [3.05, 3.63) is 23.7 Å². The molecule has 12 heavy (non-hydrogen) atoms. The average molecular weight is 185 g/mol. The van der Waals surface area contributed by atoms with E-state index in [-0.39, 0.29) is 0 Å². The molecular weight excluding hydrogens is 170 g/mol. The van der Waals surface area contributed by atoms with E-state index in [0.717, 1.165) is 23.7 Å². The number of aryl methyl sites for hydroxylation is 1. The van der Waals surface area contributed by atoms with Crippen molar-refractivity contribution < 1.29 is 4.42 Å². The number of hydrogen-bond acceptors (Lipinski definition) is 3. The van der Waals surface area contributed by atoms with Gasteiger partial charge in [0.15, 0.2) is 0 Å². The lowest BCUT2D eigenvalue weighted by Crippen LogP contribution is -2.15. The van der Waals surface area contributed by atoms with Crippen molar-refractivity contribution in [3.8, 4) is 0 Å². The summed E-state index contributed by atoms with van der Waals surface area (Å²) in [7, 11) is 1.94. The van der Waals surface area contributed by atoms with Gasteiger partial charge in [0.1, 0.15) is 11.5 Å². The van der Waals surface area contributed by atoms with Crippen LogP contribution in [0, 0.1) is 6.92 Å². The Balaban J connectivity index is 2.66. The summed E-state index contributed by atoms with van der Waals surface area (Å²) < 4.78 is 5.49. The first-order valence-corrected chi connectivity index (χ1v) is 4.75. The van der Waals surface area contributed by atoms with Crippen LogP contribution in [0.3, 0.4) is 0 Å². The maximum absolute atomic E-state index is 5.49. The van der Waals surface area contributed by atoms with E-state index in [4.69, 9.17) is 4.42 Å². The second kappa shape index (κ2) is 4.58. The van der Waals surface area contributed by atoms with E-state index in [1.54, 1.807) is 0 Å². The molecular formula is C9H15NOS. The van der Waals surface area contributed by atoms with Crippen molar-refractivity contribution in [2.24, 2.45) is 0 Å². The fourth-order valence-corrected chi connectivity index (χ4v) is 1.46. The largest absolute Gasteiger partial charge is 0.465 e. The number of nitrogens with one attached hydrogen (secondary N) is 1. The minimum Gasteiger partial charge on any atom is -0.465 e. The third kappa shape index (κ3) is 2.29. The first-order chi connectivity index (χ1) is 5.77. The van der Waals surface area contributed by atoms with E-state index in [1.165, 1.54) is 0 Å². The topological polar surface area (TPSA) is 25.2 Å². The highest BCUT2D eigenvalue weighted by Gasteiger charge is 2.10. The lowest BCUT2D eigenvalue weighted by Gasteiger charge is -2.11. The molecule has 1 aromatic rings. The zero-order valence-corrected chi connectivity index (χ0v) is 8.40. The maximum atomic E-state index is 5.49. The standard InChI is InChI=1S/C9H15NOS/c1-7-3-4-9(11-7)8(10-2)5-6-12/h3-4,8,10,12H,5-6H2,1-2H3. The lowest BCUT2D eigenvalue weighted by atomic mass is 10.2. The minimum absolute atomic E-state index is 0.302. The molecule has 0 saturated heterocycles. The van der Waals surface area contributed by atoms with Gasteiger partial charge in [0.25, 0.3) is 0 Å². The minimum atomic E-state index is 0.302. The molecule has 0 aromatic carbocycles. The number of hydrogen-bond donors (Lipinski definition) is 2. The van der Waals surface area contributed by atoms with Gasteiger partial charge in [0.05, 0.1) is 6.04 Å². The highest BCUT2D eigenvalue weighted by atomic mass is 32.1. The molecule has 2 nitrogen and oxygen atoms in total. The molecule has 0 aliphatic carbocycles. The van der Waals surface area contributed by atoms with Gasteiger partial charge in [-0.05, 0) is 38.3 Å². The van der Waals surface area contributed by atoms with E-state index in [9.17, 15) is 0 Å². The Morgan fingerprint density at radius 3 is 2.75 bits per heavy atom. The van der Waals surface area contributed by atoms with Gasteiger partial charge < -0.3 is 9.73 Å². The number of thiol groups is 1. The fraction of sp³-hybridized carbons (Fsp3) is 0.556. The Labute approximate surface area is 78.8 Å². The third-order valence-corrected chi connectivity index (χ3v) is 2.13. The molecule has 1 aromatic heterocycles. The Morgan fingerprint density at radius 2 is 2.33 bits per heavy atom. The summed E-state index contributed by atoms with van der Waals surface area (Å²) in [6.07, 6.45) is 0.993. The van der Waals surface area contributed by atoms with E-state index >= 15 is 0 Å². The summed E-state index contributed by atoms with van der Waals surface area (Å²) in [5.41, 5.74) is 0. The molecule has 0 saturated carbocycles. The SMILES string of the molecule is CNC(CCS)c1ccc(C)o1. The summed E-state index contributed by atoms with van der Waals surface area (Å²) in [4.78, 5) is 0. The number of furan rings is 1. The molecule has 1 rings (SSSR count). The second-order valence-corrected chi connectivity index (χ2v) is 3.25. The van der Waals surface area contributed by atoms with Crippen molar-refractivity contribution in [2.75, 3.05) is 12.8 Å². The second-order valence-electron chi connectivity index (χ2n) is 2.80. The fourth-order valence-electron chi connectivity index (χ4n) is 1.20. The van der Waals surface area contributed by atoms with Crippen molar-refractivity contribution in [3.63, 3.8) is 0 Å². The Bertz CT molecular complexity index is 234. The van der Waals surface area contributed by atoms with Gasteiger partial charge in [0.2, 0.25) is 0 Å².